The second-order valence-electron chi connectivity index (χ2n) is 0.346. The van der Waals surface area contributed by atoms with Crippen molar-refractivity contribution in [3.8, 4) is 0 Å². The van der Waals surface area contributed by atoms with E-state index in [1.54, 1.807) is 0 Å². The Kier molecular flexibility index (Phi) is 28.3. The van der Waals surface area contributed by atoms with Crippen LogP contribution < -0.4 is 0 Å². The molecule has 0 atom stereocenters. The van der Waals surface area contributed by atoms with Gasteiger partial charge in [-0.3, -0.25) is 0 Å². The molecule has 0 spiro atoms. The smallest absolute Gasteiger partial charge is 0 e. The first kappa shape index (κ1) is 15.9. The van der Waals surface area contributed by atoms with Gasteiger partial charge in [-0.15, -0.1) is 0 Å². The van der Waals surface area contributed by atoms with E-state index in [1.807, 2.05) is 0 Å². The largest absolute Gasteiger partial charge is 0 e. The van der Waals surface area contributed by atoms with Crippen LogP contribution in [0.2, 0.25) is 0 Å². The molecule has 0 heterocycles. The monoisotopic (exact) mass is 377 g/mol. The Morgan fingerprint density at radius 2 is 1.00 bits per heavy atom. The first-order chi connectivity index (χ1) is 1.73. The maximum Gasteiger partial charge on any atom is 0 e. The van der Waals surface area contributed by atoms with E-state index in [2.05, 4.69) is 0 Å². The van der Waals surface area contributed by atoms with Crippen LogP contribution in [0.4, 0.5) is 0 Å². The van der Waals surface area contributed by atoms with Gasteiger partial charge in [0.25, 0.3) is 0 Å². The zero-order chi connectivity index (χ0) is 3.58. The Balaban J connectivity index is -0.0000000450. The van der Waals surface area contributed by atoms with Gasteiger partial charge in [0.05, 0.1) is 0 Å². The minimum absolute atomic E-state index is 0. The molecule has 0 bridgehead atoms. The first-order valence-electron chi connectivity index (χ1n) is 0.775. The van der Waals surface area contributed by atoms with Crippen molar-refractivity contribution in [3.63, 3.8) is 0 Å². The van der Waals surface area contributed by atoms with Crippen molar-refractivity contribution in [2.45, 2.75) is 0 Å². The molecule has 0 saturated heterocycles. The van der Waals surface area contributed by atoms with Crippen molar-refractivity contribution in [3.05, 3.63) is 0 Å². The predicted octanol–water partition coefficient (Wildman–Crippen LogP) is -2.97. The fraction of sp³-hybridized carbons (Fsp3) is 0. The minimum atomic E-state index is -2.17. The summed E-state index contributed by atoms with van der Waals surface area (Å²) in [6.45, 7) is 0. The molecule has 43 valence electrons. The van der Waals surface area contributed by atoms with Gasteiger partial charge >= 0.3 is 56.2 Å². The van der Waals surface area contributed by atoms with Crippen LogP contribution in [-0.2, 0) is 0 Å². The summed E-state index contributed by atoms with van der Waals surface area (Å²) < 4.78 is 0. The van der Waals surface area contributed by atoms with Gasteiger partial charge in [-0.05, 0) is 0 Å². The SMILES string of the molecule is OB(O)O.[BaH2].[Lu]. The Bertz CT molecular complexity index is 15.5. The average molecular weight is 376 g/mol. The number of rotatable bonds is 0. The van der Waals surface area contributed by atoms with Crippen molar-refractivity contribution < 1.29 is 51.9 Å². The summed E-state index contributed by atoms with van der Waals surface area (Å²) in [4.78, 5) is 0. The molecule has 0 amide bonds. The quantitative estimate of drug-likeness (QED) is 0.396. The van der Waals surface area contributed by atoms with E-state index in [-0.39, 0.29) is 85.8 Å². The number of hydrogen-bond acceptors (Lipinski definition) is 3. The van der Waals surface area contributed by atoms with Gasteiger partial charge in [-0.2, -0.15) is 0 Å². The third kappa shape index (κ3) is 29.5. The van der Waals surface area contributed by atoms with Crippen molar-refractivity contribution in [1.82, 2.24) is 0 Å². The van der Waals surface area contributed by atoms with Crippen LogP contribution >= 0.6 is 0 Å². The van der Waals surface area contributed by atoms with E-state index in [4.69, 9.17) is 15.1 Å². The average Bonchev–Trinajstić information content (AvgIpc) is 0.811. The molecule has 3 nitrogen and oxygen atoms in total. The van der Waals surface area contributed by atoms with Crippen LogP contribution in [0.5, 0.6) is 0 Å². The molecule has 0 aliphatic carbocycles. The summed E-state index contributed by atoms with van der Waals surface area (Å²) in [5.41, 5.74) is 0. The van der Waals surface area contributed by atoms with Gasteiger partial charge in [0.1, 0.15) is 0 Å². The van der Waals surface area contributed by atoms with E-state index < -0.39 is 7.32 Å². The Hall–Kier alpha value is 2.75. The van der Waals surface area contributed by atoms with E-state index in [1.165, 1.54) is 0 Å². The van der Waals surface area contributed by atoms with E-state index >= 15 is 0 Å². The van der Waals surface area contributed by atoms with Crippen molar-refractivity contribution in [2.24, 2.45) is 0 Å². The van der Waals surface area contributed by atoms with Crippen molar-refractivity contribution in [2.75, 3.05) is 0 Å². The Morgan fingerprint density at radius 1 is 1.00 bits per heavy atom. The molecule has 0 aromatic heterocycles. The van der Waals surface area contributed by atoms with Crippen LogP contribution in [0.3, 0.4) is 0 Å². The fourth-order valence-corrected chi connectivity index (χ4v) is 0. The molecule has 1 radical (unpaired) electrons. The zero-order valence-electron chi connectivity index (χ0n) is 2.18. The van der Waals surface area contributed by atoms with E-state index in [0.717, 1.165) is 0 Å². The van der Waals surface area contributed by atoms with Gasteiger partial charge in [0, 0.05) is 36.9 Å². The second-order valence-corrected chi connectivity index (χ2v) is 0.346. The molecule has 0 unspecified atom stereocenters. The molecular formula is H5BBaLuO3. The maximum atomic E-state index is 7.17. The predicted molar refractivity (Wildman–Crippen MR) is 21.0 cm³/mol. The summed E-state index contributed by atoms with van der Waals surface area (Å²) in [5.74, 6) is 0. The Labute approximate surface area is 106 Å². The first-order valence-corrected chi connectivity index (χ1v) is 0.775. The molecule has 6 heavy (non-hydrogen) atoms. The molecule has 0 aliphatic rings. The topological polar surface area (TPSA) is 60.7 Å². The molecule has 0 aromatic carbocycles. The minimum Gasteiger partial charge on any atom is 0 e. The molecular weight excluding hydrogens is 371 g/mol. The van der Waals surface area contributed by atoms with Gasteiger partial charge in [0.15, 0.2) is 0 Å². The third-order valence-electron chi connectivity index (χ3n) is 0. The maximum absolute atomic E-state index is 7.17. The number of hydrogen-bond donors (Lipinski definition) is 3. The van der Waals surface area contributed by atoms with Crippen LogP contribution in [-0.4, -0.2) is 71.3 Å². The zero-order valence-corrected chi connectivity index (χ0v) is 3.83. The molecule has 3 N–H and O–H groups in total. The standard InChI is InChI=1S/BH3O3.Ba.Lu.2H/c2-1(3)4;;;;/h2-4H;;;;. The summed E-state index contributed by atoms with van der Waals surface area (Å²) in [6, 6.07) is 0. The molecule has 0 rings (SSSR count). The molecule has 0 aliphatic heterocycles. The van der Waals surface area contributed by atoms with Crippen LogP contribution in [0.1, 0.15) is 0 Å². The molecule has 0 fully saturated rings. The van der Waals surface area contributed by atoms with E-state index in [0.29, 0.717) is 0 Å². The van der Waals surface area contributed by atoms with E-state index in [9.17, 15) is 0 Å². The van der Waals surface area contributed by atoms with Gasteiger partial charge in [-0.1, -0.05) is 0 Å². The Morgan fingerprint density at radius 3 is 1.00 bits per heavy atom. The fourth-order valence-electron chi connectivity index (χ4n) is 0. The van der Waals surface area contributed by atoms with Gasteiger partial charge in [0.2, 0.25) is 0 Å². The molecule has 6 heteroatoms. The van der Waals surface area contributed by atoms with Gasteiger partial charge < -0.3 is 15.1 Å². The second kappa shape index (κ2) is 10.7. The van der Waals surface area contributed by atoms with Gasteiger partial charge in [-0.25, -0.2) is 0 Å². The molecule has 0 aromatic rings. The summed E-state index contributed by atoms with van der Waals surface area (Å²) in [5, 5.41) is 21.5. The summed E-state index contributed by atoms with van der Waals surface area (Å²) >= 11 is 0. The van der Waals surface area contributed by atoms with Crippen LogP contribution in [0.25, 0.3) is 0 Å². The van der Waals surface area contributed by atoms with Crippen LogP contribution in [0.15, 0.2) is 0 Å². The van der Waals surface area contributed by atoms with Crippen molar-refractivity contribution in [1.29, 1.82) is 0 Å². The molecule has 0 saturated carbocycles. The van der Waals surface area contributed by atoms with Crippen LogP contribution in [0, 0.1) is 36.9 Å². The summed E-state index contributed by atoms with van der Waals surface area (Å²) in [6.07, 6.45) is 0. The summed E-state index contributed by atoms with van der Waals surface area (Å²) in [7, 11) is -2.17. The normalized spacial score (nSPS) is 4.50. The third-order valence-corrected chi connectivity index (χ3v) is 0. The van der Waals surface area contributed by atoms with Crippen molar-refractivity contribution >= 4 is 56.2 Å².